The molecule has 0 radical (unpaired) electrons. The molecule has 0 saturated carbocycles. The van der Waals surface area contributed by atoms with Gasteiger partial charge >= 0.3 is 0 Å². The van der Waals surface area contributed by atoms with Gasteiger partial charge in [0.1, 0.15) is 5.75 Å². The zero-order chi connectivity index (χ0) is 16.1. The van der Waals surface area contributed by atoms with E-state index in [-0.39, 0.29) is 5.91 Å². The van der Waals surface area contributed by atoms with Crippen LogP contribution in [0.4, 0.5) is 0 Å². The summed E-state index contributed by atoms with van der Waals surface area (Å²) in [6, 6.07) is 17.8. The van der Waals surface area contributed by atoms with Crippen LogP contribution in [0, 0.1) is 6.92 Å². The van der Waals surface area contributed by atoms with Crippen LogP contribution in [-0.4, -0.2) is 17.5 Å². The number of aromatic amines is 1. The van der Waals surface area contributed by atoms with Gasteiger partial charge in [-0.15, -0.1) is 0 Å². The molecule has 0 spiro atoms. The van der Waals surface area contributed by atoms with Crippen molar-refractivity contribution in [3.8, 4) is 5.75 Å². The molecule has 1 amide bonds. The van der Waals surface area contributed by atoms with Crippen molar-refractivity contribution in [3.63, 3.8) is 0 Å². The largest absolute Gasteiger partial charge is 0.493 e. The molecular weight excluding hydrogens is 288 g/mol. The molecule has 1 aromatic heterocycles. The molecule has 0 aliphatic heterocycles. The predicted octanol–water partition coefficient (Wildman–Crippen LogP) is 3.56. The summed E-state index contributed by atoms with van der Waals surface area (Å²) in [5, 5.41) is 4.10. The lowest BCUT2D eigenvalue weighted by Gasteiger charge is -2.07. The minimum absolute atomic E-state index is 0.00808. The first-order valence-corrected chi connectivity index (χ1v) is 7.73. The van der Waals surface area contributed by atoms with Crippen molar-refractivity contribution < 1.29 is 9.53 Å². The van der Waals surface area contributed by atoms with Crippen molar-refractivity contribution in [2.45, 2.75) is 19.9 Å². The van der Waals surface area contributed by atoms with E-state index in [0.29, 0.717) is 19.6 Å². The molecule has 0 aliphatic rings. The Bertz CT molecular complexity index is 793. The van der Waals surface area contributed by atoms with Crippen LogP contribution in [0.3, 0.4) is 0 Å². The summed E-state index contributed by atoms with van der Waals surface area (Å²) >= 11 is 0. The van der Waals surface area contributed by atoms with E-state index in [1.54, 1.807) is 0 Å². The maximum atomic E-state index is 11.9. The Balaban J connectivity index is 1.46. The third-order valence-corrected chi connectivity index (χ3v) is 3.65. The fraction of sp³-hybridized carbons (Fsp3) is 0.211. The van der Waals surface area contributed by atoms with Gasteiger partial charge in [0.05, 0.1) is 13.0 Å². The summed E-state index contributed by atoms with van der Waals surface area (Å²) in [6.07, 6.45) is 0.348. The van der Waals surface area contributed by atoms with E-state index in [2.05, 4.69) is 22.4 Å². The Labute approximate surface area is 135 Å². The maximum Gasteiger partial charge on any atom is 0.223 e. The van der Waals surface area contributed by atoms with Gasteiger partial charge < -0.3 is 15.0 Å². The third-order valence-electron chi connectivity index (χ3n) is 3.65. The molecule has 118 valence electrons. The van der Waals surface area contributed by atoms with Crippen LogP contribution in [0.15, 0.2) is 54.6 Å². The molecule has 0 aliphatic carbocycles. The first-order chi connectivity index (χ1) is 11.2. The number of fused-ring (bicyclic) bond motifs is 1. The number of rotatable bonds is 6. The molecule has 23 heavy (non-hydrogen) atoms. The minimum atomic E-state index is -0.00808. The average Bonchev–Trinajstić information content (AvgIpc) is 2.93. The fourth-order valence-corrected chi connectivity index (χ4v) is 2.50. The SMILES string of the molecule is Cc1cc2cc(CNC(=O)CCOc3ccccc3)ccc2[nH]1. The number of aryl methyl sites for hydroxylation is 1. The highest BCUT2D eigenvalue weighted by Crippen LogP contribution is 2.16. The molecule has 1 heterocycles. The molecule has 2 aromatic carbocycles. The highest BCUT2D eigenvalue weighted by Gasteiger charge is 2.04. The topological polar surface area (TPSA) is 54.1 Å². The standard InChI is InChI=1S/C19H20N2O2/c1-14-11-16-12-15(7-8-18(16)21-14)13-20-19(22)9-10-23-17-5-3-2-4-6-17/h2-8,11-12,21H,9-10,13H2,1H3,(H,20,22). The van der Waals surface area contributed by atoms with E-state index in [4.69, 9.17) is 4.74 Å². The lowest BCUT2D eigenvalue weighted by Crippen LogP contribution is -2.24. The molecule has 0 saturated heterocycles. The van der Waals surface area contributed by atoms with E-state index >= 15 is 0 Å². The normalized spacial score (nSPS) is 10.7. The molecule has 0 fully saturated rings. The van der Waals surface area contributed by atoms with E-state index in [1.807, 2.05) is 49.4 Å². The van der Waals surface area contributed by atoms with Gasteiger partial charge in [0.15, 0.2) is 0 Å². The van der Waals surface area contributed by atoms with Crippen molar-refractivity contribution in [1.29, 1.82) is 0 Å². The number of aromatic nitrogens is 1. The van der Waals surface area contributed by atoms with Gasteiger partial charge in [-0.2, -0.15) is 0 Å². The first kappa shape index (κ1) is 15.2. The van der Waals surface area contributed by atoms with Crippen molar-refractivity contribution in [1.82, 2.24) is 10.3 Å². The molecule has 0 atom stereocenters. The smallest absolute Gasteiger partial charge is 0.223 e. The maximum absolute atomic E-state index is 11.9. The lowest BCUT2D eigenvalue weighted by atomic mass is 10.1. The number of para-hydroxylation sites is 1. The fourth-order valence-electron chi connectivity index (χ4n) is 2.50. The van der Waals surface area contributed by atoms with E-state index in [0.717, 1.165) is 22.5 Å². The minimum Gasteiger partial charge on any atom is -0.493 e. The Morgan fingerprint density at radius 1 is 1.13 bits per heavy atom. The summed E-state index contributed by atoms with van der Waals surface area (Å²) in [5.41, 5.74) is 3.35. The second kappa shape index (κ2) is 7.01. The van der Waals surface area contributed by atoms with Gasteiger partial charge in [-0.25, -0.2) is 0 Å². The third kappa shape index (κ3) is 4.13. The van der Waals surface area contributed by atoms with Gasteiger partial charge in [0.25, 0.3) is 0 Å². The van der Waals surface area contributed by atoms with Crippen LogP contribution in [0.2, 0.25) is 0 Å². The molecule has 0 bridgehead atoms. The number of hydrogen-bond acceptors (Lipinski definition) is 2. The molecule has 4 nitrogen and oxygen atoms in total. The Morgan fingerprint density at radius 2 is 1.96 bits per heavy atom. The van der Waals surface area contributed by atoms with Gasteiger partial charge in [-0.3, -0.25) is 4.79 Å². The number of hydrogen-bond donors (Lipinski definition) is 2. The number of H-pyrrole nitrogens is 1. The van der Waals surface area contributed by atoms with Gasteiger partial charge in [-0.05, 0) is 48.2 Å². The van der Waals surface area contributed by atoms with Crippen molar-refractivity contribution in [2.24, 2.45) is 0 Å². The van der Waals surface area contributed by atoms with Crippen LogP contribution >= 0.6 is 0 Å². The summed E-state index contributed by atoms with van der Waals surface area (Å²) in [4.78, 5) is 15.2. The van der Waals surface area contributed by atoms with Crippen molar-refractivity contribution in [2.75, 3.05) is 6.61 Å². The summed E-state index contributed by atoms with van der Waals surface area (Å²) in [7, 11) is 0. The number of nitrogens with one attached hydrogen (secondary N) is 2. The second-order valence-corrected chi connectivity index (χ2v) is 5.56. The molecule has 0 unspecified atom stereocenters. The zero-order valence-electron chi connectivity index (χ0n) is 13.1. The highest BCUT2D eigenvalue weighted by atomic mass is 16.5. The average molecular weight is 308 g/mol. The van der Waals surface area contributed by atoms with Crippen molar-refractivity contribution in [3.05, 3.63) is 65.9 Å². The molecule has 3 aromatic rings. The first-order valence-electron chi connectivity index (χ1n) is 7.73. The Morgan fingerprint density at radius 3 is 2.78 bits per heavy atom. The molecule has 4 heteroatoms. The van der Waals surface area contributed by atoms with Gasteiger partial charge in [-0.1, -0.05) is 24.3 Å². The van der Waals surface area contributed by atoms with Crippen LogP contribution in [-0.2, 0) is 11.3 Å². The van der Waals surface area contributed by atoms with E-state index in [9.17, 15) is 4.79 Å². The Kier molecular flexibility index (Phi) is 4.62. The van der Waals surface area contributed by atoms with Gasteiger partial charge in [0.2, 0.25) is 5.91 Å². The van der Waals surface area contributed by atoms with Crippen LogP contribution in [0.1, 0.15) is 17.7 Å². The van der Waals surface area contributed by atoms with E-state index in [1.165, 1.54) is 5.39 Å². The summed E-state index contributed by atoms with van der Waals surface area (Å²) < 4.78 is 5.52. The monoisotopic (exact) mass is 308 g/mol. The van der Waals surface area contributed by atoms with E-state index < -0.39 is 0 Å². The lowest BCUT2D eigenvalue weighted by molar-refractivity contribution is -0.121. The highest BCUT2D eigenvalue weighted by molar-refractivity contribution is 5.81. The van der Waals surface area contributed by atoms with Gasteiger partial charge in [0, 0.05) is 17.8 Å². The van der Waals surface area contributed by atoms with Crippen LogP contribution in [0.25, 0.3) is 10.9 Å². The molecule has 2 N–H and O–H groups in total. The summed E-state index contributed by atoms with van der Waals surface area (Å²) in [6.45, 7) is 2.95. The second-order valence-electron chi connectivity index (χ2n) is 5.56. The predicted molar refractivity (Wildman–Crippen MR) is 91.4 cm³/mol. The number of benzene rings is 2. The van der Waals surface area contributed by atoms with Crippen LogP contribution in [0.5, 0.6) is 5.75 Å². The number of amides is 1. The van der Waals surface area contributed by atoms with Crippen molar-refractivity contribution >= 4 is 16.8 Å². The summed E-state index contributed by atoms with van der Waals surface area (Å²) in [5.74, 6) is 0.778. The van der Waals surface area contributed by atoms with Crippen LogP contribution < -0.4 is 10.1 Å². The number of carbonyl (C=O) groups excluding carboxylic acids is 1. The number of ether oxygens (including phenoxy) is 1. The zero-order valence-corrected chi connectivity index (χ0v) is 13.1. The molecule has 3 rings (SSSR count). The quantitative estimate of drug-likeness (QED) is 0.731. The molecular formula is C19H20N2O2. The number of carbonyl (C=O) groups is 1. The Hall–Kier alpha value is -2.75.